The molecule has 0 saturated carbocycles. The van der Waals surface area contributed by atoms with Gasteiger partial charge in [-0.3, -0.25) is 4.68 Å². The van der Waals surface area contributed by atoms with Gasteiger partial charge in [-0.2, -0.15) is 10.2 Å². The van der Waals surface area contributed by atoms with Gasteiger partial charge < -0.3 is 24.0 Å². The third-order valence-electron chi connectivity index (χ3n) is 10.7. The molecule has 0 bridgehead atoms. The van der Waals surface area contributed by atoms with Gasteiger partial charge in [0.2, 0.25) is 5.79 Å². The Morgan fingerprint density at radius 3 is 2.25 bits per heavy atom. The Balaban J connectivity index is 0.872. The molecule has 11 heteroatoms. The number of anilines is 2. The minimum Gasteiger partial charge on any atom is -0.491 e. The molecule has 3 atom stereocenters. The number of para-hydroxylation sites is 1. The Morgan fingerprint density at radius 2 is 1.55 bits per heavy atom. The number of benzene rings is 4. The fourth-order valence-electron chi connectivity index (χ4n) is 7.50. The predicted octanol–water partition coefficient (Wildman–Crippen LogP) is 6.65. The van der Waals surface area contributed by atoms with Crippen molar-refractivity contribution in [2.24, 2.45) is 0 Å². The zero-order chi connectivity index (χ0) is 36.5. The van der Waals surface area contributed by atoms with Crippen LogP contribution in [0.3, 0.4) is 0 Å². The number of hydrogen-bond acceptors (Lipinski definition) is 8. The fourth-order valence-corrected chi connectivity index (χ4v) is 7.50. The van der Waals surface area contributed by atoms with Crippen molar-refractivity contribution in [2.45, 2.75) is 58.6 Å². The lowest BCUT2D eigenvalue weighted by Crippen LogP contribution is -2.46. The van der Waals surface area contributed by atoms with Crippen molar-refractivity contribution in [3.63, 3.8) is 0 Å². The van der Waals surface area contributed by atoms with E-state index in [4.69, 9.17) is 19.3 Å². The van der Waals surface area contributed by atoms with Crippen molar-refractivity contribution >= 4 is 22.3 Å². The van der Waals surface area contributed by atoms with E-state index in [1.165, 1.54) is 11.3 Å². The Morgan fingerprint density at radius 1 is 0.868 bits per heavy atom. The van der Waals surface area contributed by atoms with Crippen LogP contribution >= 0.6 is 0 Å². The zero-order valence-electron chi connectivity index (χ0n) is 30.9. The molecule has 8 rings (SSSR count). The molecule has 2 fully saturated rings. The standard InChI is InChI=1S/C42H47N7O4/c1-5-32(4)49-41(50)47(29-44-49)36-13-11-34(12-14-36)45-20-22-46(23-21-45)35-15-17-37(18-16-35)51-26-38-27-52-42(53-38,39-19-10-30(2)24-31(39)3)28-48-40-9-7-6-8-33(40)25-43-48/h6-19,24-25,29,32,38H,5,20-23,26-28H2,1-4H3/t32?,38-,42-/m1/s1. The number of aromatic nitrogens is 5. The molecule has 0 N–H and O–H groups in total. The molecule has 2 saturated heterocycles. The zero-order valence-corrected chi connectivity index (χ0v) is 30.9. The summed E-state index contributed by atoms with van der Waals surface area (Å²) < 4.78 is 24.7. The van der Waals surface area contributed by atoms with E-state index in [0.717, 1.165) is 71.8 Å². The molecule has 0 radical (unpaired) electrons. The molecule has 4 heterocycles. The maximum atomic E-state index is 12.8. The van der Waals surface area contributed by atoms with Crippen molar-refractivity contribution in [1.82, 2.24) is 24.1 Å². The highest BCUT2D eigenvalue weighted by molar-refractivity contribution is 5.78. The average Bonchev–Trinajstić information content (AvgIpc) is 3.91. The van der Waals surface area contributed by atoms with Crippen molar-refractivity contribution in [3.8, 4) is 11.4 Å². The molecule has 2 aliphatic rings. The third kappa shape index (κ3) is 6.94. The van der Waals surface area contributed by atoms with Gasteiger partial charge in [-0.1, -0.05) is 48.9 Å². The second-order valence-corrected chi connectivity index (χ2v) is 14.3. The molecule has 0 spiro atoms. The lowest BCUT2D eigenvalue weighted by molar-refractivity contribution is -0.190. The van der Waals surface area contributed by atoms with Crippen LogP contribution in [0.25, 0.3) is 16.6 Å². The van der Waals surface area contributed by atoms with E-state index in [0.29, 0.717) is 19.8 Å². The Kier molecular flexibility index (Phi) is 9.53. The van der Waals surface area contributed by atoms with Gasteiger partial charge in [0, 0.05) is 48.5 Å². The van der Waals surface area contributed by atoms with Gasteiger partial charge in [0.25, 0.3) is 0 Å². The number of ether oxygens (including phenoxy) is 3. The van der Waals surface area contributed by atoms with Gasteiger partial charge in [-0.15, -0.1) is 0 Å². The maximum absolute atomic E-state index is 12.8. The van der Waals surface area contributed by atoms with E-state index in [-0.39, 0.29) is 17.8 Å². The van der Waals surface area contributed by atoms with Gasteiger partial charge in [0.1, 0.15) is 31.3 Å². The van der Waals surface area contributed by atoms with Crippen LogP contribution in [0.5, 0.6) is 5.75 Å². The van der Waals surface area contributed by atoms with E-state index in [1.807, 2.05) is 54.2 Å². The summed E-state index contributed by atoms with van der Waals surface area (Å²) in [6.07, 6.45) is 4.11. The van der Waals surface area contributed by atoms with E-state index >= 15 is 0 Å². The summed E-state index contributed by atoms with van der Waals surface area (Å²) in [4.78, 5) is 17.6. The molecule has 1 unspecified atom stereocenters. The lowest BCUT2D eigenvalue weighted by Gasteiger charge is -2.37. The lowest BCUT2D eigenvalue weighted by atomic mass is 9.98. The summed E-state index contributed by atoms with van der Waals surface area (Å²) in [6, 6.07) is 31.2. The molecular weight excluding hydrogens is 667 g/mol. The Hall–Kier alpha value is -5.39. The summed E-state index contributed by atoms with van der Waals surface area (Å²) in [7, 11) is 0. The number of nitrogens with zero attached hydrogens (tertiary/aromatic N) is 7. The summed E-state index contributed by atoms with van der Waals surface area (Å²) in [5, 5.41) is 10.1. The normalized spacial score (nSPS) is 19.6. The third-order valence-corrected chi connectivity index (χ3v) is 10.7. The molecular formula is C42H47N7O4. The number of fused-ring (bicyclic) bond motifs is 1. The molecule has 0 amide bonds. The first-order chi connectivity index (χ1) is 25.8. The molecule has 53 heavy (non-hydrogen) atoms. The highest BCUT2D eigenvalue weighted by Crippen LogP contribution is 2.39. The molecule has 6 aromatic rings. The summed E-state index contributed by atoms with van der Waals surface area (Å²) in [6.45, 7) is 13.1. The first kappa shape index (κ1) is 34.7. The summed E-state index contributed by atoms with van der Waals surface area (Å²) >= 11 is 0. The number of hydrogen-bond donors (Lipinski definition) is 0. The average molecular weight is 714 g/mol. The van der Waals surface area contributed by atoms with Crippen LogP contribution in [0.2, 0.25) is 0 Å². The Labute approximate surface area is 309 Å². The summed E-state index contributed by atoms with van der Waals surface area (Å²) in [5.41, 5.74) is 7.41. The molecule has 2 aliphatic heterocycles. The monoisotopic (exact) mass is 713 g/mol. The topological polar surface area (TPSA) is 91.8 Å². The first-order valence-electron chi connectivity index (χ1n) is 18.6. The molecule has 2 aromatic heterocycles. The Bertz CT molecular complexity index is 2230. The van der Waals surface area contributed by atoms with Gasteiger partial charge in [0.15, 0.2) is 0 Å². The first-order valence-corrected chi connectivity index (χ1v) is 18.6. The predicted molar refractivity (Wildman–Crippen MR) is 207 cm³/mol. The van der Waals surface area contributed by atoms with Crippen LogP contribution in [0, 0.1) is 13.8 Å². The van der Waals surface area contributed by atoms with Crippen LogP contribution in [-0.2, 0) is 21.8 Å². The fraction of sp³-hybridized carbons (Fsp3) is 0.357. The van der Waals surface area contributed by atoms with Gasteiger partial charge >= 0.3 is 5.69 Å². The van der Waals surface area contributed by atoms with E-state index in [2.05, 4.69) is 90.3 Å². The molecule has 274 valence electrons. The smallest absolute Gasteiger partial charge is 0.350 e. The van der Waals surface area contributed by atoms with Gasteiger partial charge in [-0.25, -0.2) is 14.0 Å². The van der Waals surface area contributed by atoms with Crippen molar-refractivity contribution in [2.75, 3.05) is 49.2 Å². The minimum absolute atomic E-state index is 0.0700. The summed E-state index contributed by atoms with van der Waals surface area (Å²) in [5.74, 6) is -0.183. The largest absolute Gasteiger partial charge is 0.491 e. The van der Waals surface area contributed by atoms with Crippen LogP contribution in [0.15, 0.2) is 108 Å². The molecule has 0 aliphatic carbocycles. The van der Waals surface area contributed by atoms with Gasteiger partial charge in [-0.05, 0) is 87.4 Å². The molecule has 4 aromatic carbocycles. The second-order valence-electron chi connectivity index (χ2n) is 14.3. The van der Waals surface area contributed by atoms with Crippen molar-refractivity contribution < 1.29 is 14.2 Å². The van der Waals surface area contributed by atoms with Crippen LogP contribution < -0.4 is 20.2 Å². The number of aryl methyl sites for hydroxylation is 2. The van der Waals surface area contributed by atoms with Crippen molar-refractivity contribution in [3.05, 3.63) is 131 Å². The van der Waals surface area contributed by atoms with E-state index in [1.54, 1.807) is 15.6 Å². The van der Waals surface area contributed by atoms with Gasteiger partial charge in [0.05, 0.1) is 30.0 Å². The molecule has 11 nitrogen and oxygen atoms in total. The second kappa shape index (κ2) is 14.6. The maximum Gasteiger partial charge on any atom is 0.350 e. The van der Waals surface area contributed by atoms with Crippen molar-refractivity contribution in [1.29, 1.82) is 0 Å². The van der Waals surface area contributed by atoms with E-state index < -0.39 is 5.79 Å². The number of rotatable bonds is 11. The highest BCUT2D eigenvalue weighted by atomic mass is 16.8. The van der Waals surface area contributed by atoms with Crippen LogP contribution in [-0.4, -0.2) is 69.6 Å². The number of piperazine rings is 1. The highest BCUT2D eigenvalue weighted by Gasteiger charge is 2.45. The minimum atomic E-state index is -0.981. The van der Waals surface area contributed by atoms with E-state index in [9.17, 15) is 4.79 Å². The van der Waals surface area contributed by atoms with Crippen LogP contribution in [0.4, 0.5) is 11.4 Å². The van der Waals surface area contributed by atoms with Crippen LogP contribution in [0.1, 0.15) is 43.0 Å². The quantitative estimate of drug-likeness (QED) is 0.148. The SMILES string of the molecule is CCC(C)n1ncn(-c2ccc(N3CCN(c4ccc(OC[C@@H]5CO[C@@](Cn6ncc7ccccc76)(c6ccc(C)cc6C)O5)cc4)CC3)cc2)c1=O.